The molecule has 1 aliphatic rings. The van der Waals surface area contributed by atoms with Gasteiger partial charge in [-0.05, 0) is 19.4 Å². The highest BCUT2D eigenvalue weighted by Crippen LogP contribution is 2.23. The molecule has 0 aromatic heterocycles. The van der Waals surface area contributed by atoms with Crippen LogP contribution >= 0.6 is 12.4 Å². The summed E-state index contributed by atoms with van der Waals surface area (Å²) in [6.07, 6.45) is 3.45. The van der Waals surface area contributed by atoms with Crippen LogP contribution in [0.4, 0.5) is 5.69 Å². The lowest BCUT2D eigenvalue weighted by molar-refractivity contribution is -0.385. The zero-order valence-electron chi connectivity index (χ0n) is 10.8. The maximum absolute atomic E-state index is 11.0. The maximum atomic E-state index is 11.0. The summed E-state index contributed by atoms with van der Waals surface area (Å²) in [5.41, 5.74) is 6.76. The van der Waals surface area contributed by atoms with Crippen LogP contribution < -0.4 is 5.73 Å². The molecule has 1 atom stereocenters. The Kier molecular flexibility index (Phi) is 6.21. The number of benzene rings is 1. The molecule has 106 valence electrons. The molecule has 1 saturated heterocycles. The fourth-order valence-corrected chi connectivity index (χ4v) is 2.58. The first-order valence-corrected chi connectivity index (χ1v) is 6.39. The second-order valence-electron chi connectivity index (χ2n) is 4.74. The van der Waals surface area contributed by atoms with Crippen LogP contribution in [0.25, 0.3) is 0 Å². The third kappa shape index (κ3) is 3.89. The zero-order chi connectivity index (χ0) is 13.0. The summed E-state index contributed by atoms with van der Waals surface area (Å²) in [6.45, 7) is 2.23. The van der Waals surface area contributed by atoms with E-state index >= 15 is 0 Å². The number of halogens is 1. The second kappa shape index (κ2) is 7.43. The Labute approximate surface area is 119 Å². The van der Waals surface area contributed by atoms with Gasteiger partial charge in [0.1, 0.15) is 0 Å². The lowest BCUT2D eigenvalue weighted by Gasteiger charge is -2.34. The number of nitrogens with two attached hydrogens (primary N) is 1. The first kappa shape index (κ1) is 15.9. The van der Waals surface area contributed by atoms with Crippen molar-refractivity contribution in [3.63, 3.8) is 0 Å². The quantitative estimate of drug-likeness (QED) is 0.681. The van der Waals surface area contributed by atoms with Gasteiger partial charge in [-0.2, -0.15) is 0 Å². The monoisotopic (exact) mass is 285 g/mol. The molecule has 0 bridgehead atoms. The topological polar surface area (TPSA) is 72.4 Å². The van der Waals surface area contributed by atoms with Crippen LogP contribution in [-0.4, -0.2) is 29.0 Å². The van der Waals surface area contributed by atoms with Gasteiger partial charge in [0.05, 0.1) is 4.92 Å². The highest BCUT2D eigenvalue weighted by Gasteiger charge is 2.23. The van der Waals surface area contributed by atoms with Crippen molar-refractivity contribution in [2.24, 2.45) is 5.73 Å². The van der Waals surface area contributed by atoms with Crippen LogP contribution in [0, 0.1) is 10.1 Å². The third-order valence-electron chi connectivity index (χ3n) is 3.58. The fourth-order valence-electron chi connectivity index (χ4n) is 2.58. The Morgan fingerprint density at radius 1 is 1.37 bits per heavy atom. The largest absolute Gasteiger partial charge is 0.329 e. The van der Waals surface area contributed by atoms with E-state index < -0.39 is 0 Å². The molecule has 1 unspecified atom stereocenters. The summed E-state index contributed by atoms with van der Waals surface area (Å²) in [4.78, 5) is 12.9. The van der Waals surface area contributed by atoms with Gasteiger partial charge >= 0.3 is 0 Å². The van der Waals surface area contributed by atoms with E-state index in [0.29, 0.717) is 19.1 Å². The molecule has 1 fully saturated rings. The van der Waals surface area contributed by atoms with Gasteiger partial charge in [-0.1, -0.05) is 24.6 Å². The van der Waals surface area contributed by atoms with Gasteiger partial charge in [0.15, 0.2) is 0 Å². The minimum Gasteiger partial charge on any atom is -0.329 e. The Morgan fingerprint density at radius 3 is 2.79 bits per heavy atom. The normalized spacial score (nSPS) is 19.7. The number of likely N-dealkylation sites (tertiary alicyclic amines) is 1. The molecule has 5 nitrogen and oxygen atoms in total. The predicted molar refractivity (Wildman–Crippen MR) is 77.4 cm³/mol. The molecular formula is C13H20ClN3O2. The zero-order valence-corrected chi connectivity index (χ0v) is 11.6. The van der Waals surface area contributed by atoms with Crippen molar-refractivity contribution in [1.82, 2.24) is 4.90 Å². The van der Waals surface area contributed by atoms with Gasteiger partial charge in [-0.15, -0.1) is 12.4 Å². The molecule has 2 N–H and O–H groups in total. The molecule has 0 saturated carbocycles. The summed E-state index contributed by atoms with van der Waals surface area (Å²) in [7, 11) is 0. The van der Waals surface area contributed by atoms with E-state index in [-0.39, 0.29) is 23.0 Å². The van der Waals surface area contributed by atoms with E-state index in [1.165, 1.54) is 6.42 Å². The van der Waals surface area contributed by atoms with Crippen molar-refractivity contribution in [3.8, 4) is 0 Å². The number of hydrogen-bond donors (Lipinski definition) is 1. The van der Waals surface area contributed by atoms with Gasteiger partial charge in [-0.25, -0.2) is 0 Å². The highest BCUT2D eigenvalue weighted by atomic mass is 35.5. The first-order chi connectivity index (χ1) is 8.72. The average Bonchev–Trinajstić information content (AvgIpc) is 2.40. The summed E-state index contributed by atoms with van der Waals surface area (Å²) in [5.74, 6) is 0. The molecule has 1 aromatic rings. The van der Waals surface area contributed by atoms with Gasteiger partial charge in [0, 0.05) is 30.8 Å². The highest BCUT2D eigenvalue weighted by molar-refractivity contribution is 5.85. The Hall–Kier alpha value is -1.17. The lowest BCUT2D eigenvalue weighted by Crippen LogP contribution is -2.43. The SMILES string of the molecule is Cl.NCC1CCCCN1Cc1ccccc1[N+](=O)[O-]. The van der Waals surface area contributed by atoms with Crippen molar-refractivity contribution in [2.45, 2.75) is 31.8 Å². The molecule has 0 amide bonds. The van der Waals surface area contributed by atoms with Crippen molar-refractivity contribution in [1.29, 1.82) is 0 Å². The van der Waals surface area contributed by atoms with Crippen LogP contribution in [-0.2, 0) is 6.54 Å². The van der Waals surface area contributed by atoms with Gasteiger partial charge in [0.2, 0.25) is 0 Å². The van der Waals surface area contributed by atoms with E-state index in [0.717, 1.165) is 24.9 Å². The maximum Gasteiger partial charge on any atom is 0.273 e. The second-order valence-corrected chi connectivity index (χ2v) is 4.74. The number of piperidine rings is 1. The summed E-state index contributed by atoms with van der Waals surface area (Å²) < 4.78 is 0. The third-order valence-corrected chi connectivity index (χ3v) is 3.58. The van der Waals surface area contributed by atoms with Crippen LogP contribution in [0.5, 0.6) is 0 Å². The molecule has 0 spiro atoms. The molecule has 6 heteroatoms. The molecular weight excluding hydrogens is 266 g/mol. The van der Waals surface area contributed by atoms with Gasteiger partial charge < -0.3 is 5.73 Å². The minimum absolute atomic E-state index is 0. The van der Waals surface area contributed by atoms with Gasteiger partial charge in [-0.3, -0.25) is 15.0 Å². The van der Waals surface area contributed by atoms with E-state index in [1.807, 2.05) is 12.1 Å². The predicted octanol–water partition coefficient (Wildman–Crippen LogP) is 2.33. The molecule has 1 aromatic carbocycles. The lowest BCUT2D eigenvalue weighted by atomic mass is 10.0. The summed E-state index contributed by atoms with van der Waals surface area (Å²) in [6, 6.07) is 7.32. The molecule has 1 aliphatic heterocycles. The molecule has 0 radical (unpaired) electrons. The van der Waals surface area contributed by atoms with Crippen molar-refractivity contribution >= 4 is 18.1 Å². The smallest absolute Gasteiger partial charge is 0.273 e. The molecule has 0 aliphatic carbocycles. The molecule has 19 heavy (non-hydrogen) atoms. The fraction of sp³-hybridized carbons (Fsp3) is 0.538. The Balaban J connectivity index is 0.00000180. The number of rotatable bonds is 4. The standard InChI is InChI=1S/C13H19N3O2.ClH/c14-9-12-6-3-4-8-15(12)10-11-5-1-2-7-13(11)16(17)18;/h1-2,5,7,12H,3-4,6,8-10,14H2;1H. The molecule has 1 heterocycles. The van der Waals surface area contributed by atoms with E-state index in [1.54, 1.807) is 12.1 Å². The number of nitro benzene ring substituents is 1. The van der Waals surface area contributed by atoms with E-state index in [4.69, 9.17) is 5.73 Å². The number of hydrogen-bond acceptors (Lipinski definition) is 4. The molecule has 2 rings (SSSR count). The summed E-state index contributed by atoms with van der Waals surface area (Å²) in [5, 5.41) is 11.0. The van der Waals surface area contributed by atoms with Crippen molar-refractivity contribution < 1.29 is 4.92 Å². The first-order valence-electron chi connectivity index (χ1n) is 6.39. The van der Waals surface area contributed by atoms with E-state index in [9.17, 15) is 10.1 Å². The van der Waals surface area contributed by atoms with E-state index in [2.05, 4.69) is 4.90 Å². The minimum atomic E-state index is -0.309. The van der Waals surface area contributed by atoms with Crippen molar-refractivity contribution in [3.05, 3.63) is 39.9 Å². The Bertz CT molecular complexity index is 428. The van der Waals surface area contributed by atoms with Crippen LogP contribution in [0.1, 0.15) is 24.8 Å². The number of para-hydroxylation sites is 1. The average molecular weight is 286 g/mol. The van der Waals surface area contributed by atoms with Crippen LogP contribution in [0.15, 0.2) is 24.3 Å². The number of nitro groups is 1. The van der Waals surface area contributed by atoms with Crippen LogP contribution in [0.3, 0.4) is 0 Å². The Morgan fingerprint density at radius 2 is 2.11 bits per heavy atom. The number of nitrogens with zero attached hydrogens (tertiary/aromatic N) is 2. The van der Waals surface area contributed by atoms with Crippen molar-refractivity contribution in [2.75, 3.05) is 13.1 Å². The summed E-state index contributed by atoms with van der Waals surface area (Å²) >= 11 is 0. The van der Waals surface area contributed by atoms with Gasteiger partial charge in [0.25, 0.3) is 5.69 Å². The van der Waals surface area contributed by atoms with Crippen LogP contribution in [0.2, 0.25) is 0 Å².